The number of hydrogen-bond acceptors (Lipinski definition) is 8. The zero-order valence-electron chi connectivity index (χ0n) is 10.7. The minimum absolute atomic E-state index is 0. The SMILES string of the molecule is O=P(O)(O)OC[C@H]1O[C@@](CO)(OP(=O)(O)O)[C@@H](O)[C@@H]1O.[Na]. The molecule has 7 N–H and O–H groups in total. The second-order valence-corrected chi connectivity index (χ2v) is 6.33. The number of hydrogen-bond donors (Lipinski definition) is 7. The summed E-state index contributed by atoms with van der Waals surface area (Å²) in [5, 5.41) is 28.2. The van der Waals surface area contributed by atoms with Crippen molar-refractivity contribution in [2.45, 2.75) is 24.1 Å². The van der Waals surface area contributed by atoms with E-state index in [1.165, 1.54) is 0 Å². The normalized spacial score (nSPS) is 33.8. The molecule has 0 spiro atoms. The third-order valence-corrected chi connectivity index (χ3v) is 3.44. The standard InChI is InChI=1S/C6H14O12P2.Na/c7-2-6(18-20(13,14)15)5(9)4(8)3(17-6)1-16-19(10,11)12;/h3-5,7-9H,1-2H2,(H2,10,11,12)(H2,13,14,15);/t3-,4-,5+,6+;/m1./s1. The molecule has 1 heterocycles. The molecule has 1 rings (SSSR count). The van der Waals surface area contributed by atoms with Crippen LogP contribution in [0.3, 0.4) is 0 Å². The summed E-state index contributed by atoms with van der Waals surface area (Å²) in [4.78, 5) is 34.3. The van der Waals surface area contributed by atoms with Crippen molar-refractivity contribution in [1.82, 2.24) is 0 Å². The van der Waals surface area contributed by atoms with Crippen molar-refractivity contribution in [3.63, 3.8) is 0 Å². The predicted octanol–water partition coefficient (Wildman–Crippen LogP) is -3.37. The summed E-state index contributed by atoms with van der Waals surface area (Å²) >= 11 is 0. The summed E-state index contributed by atoms with van der Waals surface area (Å²) in [5.41, 5.74) is 0. The maximum atomic E-state index is 10.8. The third kappa shape index (κ3) is 6.22. The fourth-order valence-electron chi connectivity index (χ4n) is 1.60. The molecule has 1 aliphatic rings. The van der Waals surface area contributed by atoms with E-state index >= 15 is 0 Å². The van der Waals surface area contributed by atoms with Gasteiger partial charge in [-0.3, -0.25) is 4.52 Å². The summed E-state index contributed by atoms with van der Waals surface area (Å²) in [6, 6.07) is 0. The maximum Gasteiger partial charge on any atom is 0.472 e. The third-order valence-electron chi connectivity index (χ3n) is 2.41. The Morgan fingerprint density at radius 2 is 1.62 bits per heavy atom. The maximum absolute atomic E-state index is 10.8. The quantitative estimate of drug-likeness (QED) is 0.183. The van der Waals surface area contributed by atoms with Gasteiger partial charge in [-0.2, -0.15) is 0 Å². The van der Waals surface area contributed by atoms with Crippen LogP contribution in [0.15, 0.2) is 0 Å². The van der Waals surface area contributed by atoms with Crippen molar-refractivity contribution in [3.8, 4) is 0 Å². The summed E-state index contributed by atoms with van der Waals surface area (Å²) < 4.78 is 34.2. The molecule has 0 bridgehead atoms. The molecule has 0 aromatic heterocycles. The van der Waals surface area contributed by atoms with Crippen molar-refractivity contribution in [2.75, 3.05) is 13.2 Å². The molecule has 0 unspecified atom stereocenters. The van der Waals surface area contributed by atoms with Crippen LogP contribution in [0.5, 0.6) is 0 Å². The van der Waals surface area contributed by atoms with E-state index in [9.17, 15) is 19.3 Å². The zero-order valence-corrected chi connectivity index (χ0v) is 14.5. The van der Waals surface area contributed by atoms with Gasteiger partial charge in [0.1, 0.15) is 24.9 Å². The second kappa shape index (κ2) is 7.75. The first kappa shape index (κ1) is 22.1. The van der Waals surface area contributed by atoms with Crippen LogP contribution >= 0.6 is 15.6 Å². The summed E-state index contributed by atoms with van der Waals surface area (Å²) in [6.45, 7) is -2.14. The van der Waals surface area contributed by atoms with E-state index in [0.29, 0.717) is 0 Å². The van der Waals surface area contributed by atoms with Gasteiger partial charge in [0, 0.05) is 29.6 Å². The van der Waals surface area contributed by atoms with Crippen LogP contribution in [0.4, 0.5) is 0 Å². The molecule has 0 aliphatic carbocycles. The van der Waals surface area contributed by atoms with E-state index in [4.69, 9.17) is 29.4 Å². The minimum atomic E-state index is -5.19. The fourth-order valence-corrected chi connectivity index (χ4v) is 2.55. The summed E-state index contributed by atoms with van der Waals surface area (Å²) in [5.74, 6) is -2.64. The Hall–Kier alpha value is 1.06. The van der Waals surface area contributed by atoms with Gasteiger partial charge in [0.05, 0.1) is 6.61 Å². The Morgan fingerprint density at radius 1 is 1.10 bits per heavy atom. The largest absolute Gasteiger partial charge is 0.472 e. The summed E-state index contributed by atoms with van der Waals surface area (Å²) in [7, 11) is -10.1. The zero-order chi connectivity index (χ0) is 15.8. The topological polar surface area (TPSA) is 203 Å². The van der Waals surface area contributed by atoms with Crippen LogP contribution in [0, 0.1) is 0 Å². The smallest absolute Gasteiger partial charge is 0.391 e. The van der Waals surface area contributed by atoms with Gasteiger partial charge in [-0.25, -0.2) is 13.7 Å². The minimum Gasteiger partial charge on any atom is -0.391 e. The van der Waals surface area contributed by atoms with E-state index in [1.807, 2.05) is 0 Å². The average molecular weight is 363 g/mol. The Labute approximate surface area is 140 Å². The molecular formula is C6H14NaO12P2. The van der Waals surface area contributed by atoms with Gasteiger partial charge in [0.2, 0.25) is 5.79 Å². The van der Waals surface area contributed by atoms with Gasteiger partial charge in [0.15, 0.2) is 0 Å². The number of ether oxygens (including phenoxy) is 1. The molecule has 1 fully saturated rings. The van der Waals surface area contributed by atoms with Crippen molar-refractivity contribution in [1.29, 1.82) is 0 Å². The van der Waals surface area contributed by atoms with Gasteiger partial charge in [-0.1, -0.05) is 0 Å². The van der Waals surface area contributed by atoms with Crippen LogP contribution in [-0.4, -0.2) is 102 Å². The number of phosphoric ester groups is 2. The van der Waals surface area contributed by atoms with E-state index < -0.39 is 53.0 Å². The second-order valence-electron chi connectivity index (χ2n) is 3.93. The van der Waals surface area contributed by atoms with E-state index in [2.05, 4.69) is 9.05 Å². The van der Waals surface area contributed by atoms with Crippen molar-refractivity contribution >= 4 is 45.2 Å². The first-order valence-electron chi connectivity index (χ1n) is 5.01. The molecule has 0 saturated carbocycles. The molecule has 1 aliphatic heterocycles. The monoisotopic (exact) mass is 363 g/mol. The first-order chi connectivity index (χ1) is 8.90. The number of phosphoric acid groups is 2. The van der Waals surface area contributed by atoms with E-state index in [-0.39, 0.29) is 29.6 Å². The number of rotatable bonds is 6. The van der Waals surface area contributed by atoms with E-state index in [1.54, 1.807) is 0 Å². The summed E-state index contributed by atoms with van der Waals surface area (Å²) in [6.07, 6.45) is -5.53. The Bertz CT molecular complexity index is 433. The van der Waals surface area contributed by atoms with Crippen LogP contribution in [-0.2, 0) is 22.9 Å². The van der Waals surface area contributed by atoms with Gasteiger partial charge < -0.3 is 39.6 Å². The van der Waals surface area contributed by atoms with Crippen LogP contribution in [0.1, 0.15) is 0 Å². The predicted molar refractivity (Wildman–Crippen MR) is 63.6 cm³/mol. The number of aliphatic hydroxyl groups is 3. The molecule has 0 amide bonds. The fraction of sp³-hybridized carbons (Fsp3) is 1.00. The van der Waals surface area contributed by atoms with Crippen molar-refractivity contribution in [2.24, 2.45) is 0 Å². The van der Waals surface area contributed by atoms with Crippen LogP contribution < -0.4 is 0 Å². The Balaban J connectivity index is 0.00000400. The number of aliphatic hydroxyl groups excluding tert-OH is 3. The Kier molecular flexibility index (Phi) is 8.15. The first-order valence-corrected chi connectivity index (χ1v) is 8.07. The van der Waals surface area contributed by atoms with Crippen LogP contribution in [0.25, 0.3) is 0 Å². The molecule has 15 heteroatoms. The van der Waals surface area contributed by atoms with Crippen molar-refractivity contribution < 1.29 is 57.8 Å². The molecule has 21 heavy (non-hydrogen) atoms. The van der Waals surface area contributed by atoms with Gasteiger partial charge >= 0.3 is 15.6 Å². The average Bonchev–Trinajstić information content (AvgIpc) is 2.49. The van der Waals surface area contributed by atoms with Crippen molar-refractivity contribution in [3.05, 3.63) is 0 Å². The molecule has 1 radical (unpaired) electrons. The van der Waals surface area contributed by atoms with Gasteiger partial charge in [-0.05, 0) is 0 Å². The molecule has 4 atom stereocenters. The molecule has 1 saturated heterocycles. The Morgan fingerprint density at radius 3 is 2.00 bits per heavy atom. The molecule has 0 aromatic carbocycles. The molecule has 121 valence electrons. The van der Waals surface area contributed by atoms with Crippen LogP contribution in [0.2, 0.25) is 0 Å². The van der Waals surface area contributed by atoms with Gasteiger partial charge in [0.25, 0.3) is 0 Å². The van der Waals surface area contributed by atoms with E-state index in [0.717, 1.165) is 0 Å². The molecule has 12 nitrogen and oxygen atoms in total. The van der Waals surface area contributed by atoms with Gasteiger partial charge in [-0.15, -0.1) is 0 Å². The molecule has 0 aromatic rings. The molecular weight excluding hydrogens is 349 g/mol.